The molecule has 0 aliphatic carbocycles. The van der Waals surface area contributed by atoms with Gasteiger partial charge in [0, 0.05) is 8.95 Å². The smallest absolute Gasteiger partial charge is 0.262 e. The van der Waals surface area contributed by atoms with Crippen LogP contribution in [0.4, 0.5) is 5.69 Å². The molecule has 0 bridgehead atoms. The lowest BCUT2D eigenvalue weighted by Crippen LogP contribution is -2.21. The lowest BCUT2D eigenvalue weighted by atomic mass is 10.2. The number of nitrogens with one attached hydrogen (secondary N) is 1. The number of amides is 1. The number of hydrogen-bond donors (Lipinski definition) is 1. The second kappa shape index (κ2) is 7.43. The maximum Gasteiger partial charge on any atom is 0.262 e. The van der Waals surface area contributed by atoms with Crippen LogP contribution in [0.5, 0.6) is 5.75 Å². The van der Waals surface area contributed by atoms with Gasteiger partial charge in [-0.25, -0.2) is 0 Å². The Balaban J connectivity index is 2.04. The summed E-state index contributed by atoms with van der Waals surface area (Å²) >= 11 is 6.83. The second-order valence-corrected chi connectivity index (χ2v) is 6.26. The highest BCUT2D eigenvalue weighted by molar-refractivity contribution is 9.11. The monoisotopic (exact) mass is 422 g/mol. The number of anilines is 1. The molecule has 0 aliphatic rings. The van der Waals surface area contributed by atoms with E-state index in [1.54, 1.807) is 24.3 Å². The third kappa shape index (κ3) is 4.09. The molecule has 22 heavy (non-hydrogen) atoms. The van der Waals surface area contributed by atoms with E-state index in [0.717, 1.165) is 14.5 Å². The van der Waals surface area contributed by atoms with E-state index in [4.69, 9.17) is 10.00 Å². The SMILES string of the molecule is Cc1cc(Br)c(NC(=O)COc2ccccc2C#N)c(Br)c1. The molecule has 6 heteroatoms. The standard InChI is InChI=1S/C16H12Br2N2O2/c1-10-6-12(17)16(13(18)7-10)20-15(21)9-22-14-5-3-2-4-11(14)8-19/h2-7H,9H2,1H3,(H,20,21). The van der Waals surface area contributed by atoms with Crippen molar-refractivity contribution in [2.75, 3.05) is 11.9 Å². The van der Waals surface area contributed by atoms with Gasteiger partial charge in [-0.1, -0.05) is 12.1 Å². The van der Waals surface area contributed by atoms with Gasteiger partial charge in [0.1, 0.15) is 11.8 Å². The van der Waals surface area contributed by atoms with E-state index in [-0.39, 0.29) is 12.5 Å². The molecule has 2 aromatic rings. The quantitative estimate of drug-likeness (QED) is 0.792. The minimum absolute atomic E-state index is 0.175. The van der Waals surface area contributed by atoms with Gasteiger partial charge in [-0.05, 0) is 68.6 Å². The van der Waals surface area contributed by atoms with E-state index in [1.165, 1.54) is 0 Å². The van der Waals surface area contributed by atoms with Crippen molar-refractivity contribution < 1.29 is 9.53 Å². The summed E-state index contributed by atoms with van der Waals surface area (Å²) in [6, 6.07) is 12.6. The molecular formula is C16H12Br2N2O2. The highest BCUT2D eigenvalue weighted by Gasteiger charge is 2.11. The highest BCUT2D eigenvalue weighted by atomic mass is 79.9. The molecule has 0 aliphatic heterocycles. The van der Waals surface area contributed by atoms with E-state index < -0.39 is 0 Å². The highest BCUT2D eigenvalue weighted by Crippen LogP contribution is 2.32. The van der Waals surface area contributed by atoms with Crippen molar-refractivity contribution in [2.24, 2.45) is 0 Å². The zero-order valence-corrected chi connectivity index (χ0v) is 14.9. The number of nitrogens with zero attached hydrogens (tertiary/aromatic N) is 1. The van der Waals surface area contributed by atoms with Crippen LogP contribution in [0.15, 0.2) is 45.3 Å². The van der Waals surface area contributed by atoms with Crippen molar-refractivity contribution in [3.05, 3.63) is 56.5 Å². The zero-order chi connectivity index (χ0) is 16.1. The van der Waals surface area contributed by atoms with Gasteiger partial charge in [0.05, 0.1) is 11.3 Å². The fourth-order valence-electron chi connectivity index (χ4n) is 1.82. The van der Waals surface area contributed by atoms with Crippen LogP contribution in [0.3, 0.4) is 0 Å². The summed E-state index contributed by atoms with van der Waals surface area (Å²) in [7, 11) is 0. The molecular weight excluding hydrogens is 412 g/mol. The van der Waals surface area contributed by atoms with Gasteiger partial charge in [0.25, 0.3) is 5.91 Å². The minimum atomic E-state index is -0.307. The molecule has 0 radical (unpaired) electrons. The zero-order valence-electron chi connectivity index (χ0n) is 11.7. The molecule has 0 spiro atoms. The molecule has 0 aromatic heterocycles. The van der Waals surface area contributed by atoms with Crippen molar-refractivity contribution in [1.82, 2.24) is 0 Å². The molecule has 1 amide bonds. The number of rotatable bonds is 4. The van der Waals surface area contributed by atoms with Crippen molar-refractivity contribution in [2.45, 2.75) is 6.92 Å². The summed E-state index contributed by atoms with van der Waals surface area (Å²) in [6.07, 6.45) is 0. The summed E-state index contributed by atoms with van der Waals surface area (Å²) in [6.45, 7) is 1.79. The Morgan fingerprint density at radius 2 is 1.91 bits per heavy atom. The van der Waals surface area contributed by atoms with Crippen LogP contribution >= 0.6 is 31.9 Å². The summed E-state index contributed by atoms with van der Waals surface area (Å²) in [4.78, 5) is 12.0. The van der Waals surface area contributed by atoms with E-state index in [9.17, 15) is 4.79 Å². The number of carbonyl (C=O) groups excluding carboxylic acids is 1. The summed E-state index contributed by atoms with van der Waals surface area (Å²) in [5.41, 5.74) is 2.11. The van der Waals surface area contributed by atoms with Crippen LogP contribution in [0.2, 0.25) is 0 Å². The van der Waals surface area contributed by atoms with Crippen LogP contribution in [0.25, 0.3) is 0 Å². The molecule has 0 saturated carbocycles. The van der Waals surface area contributed by atoms with Crippen molar-refractivity contribution in [3.8, 4) is 11.8 Å². The number of hydrogen-bond acceptors (Lipinski definition) is 3. The third-order valence-corrected chi connectivity index (χ3v) is 4.07. The van der Waals surface area contributed by atoms with Crippen LogP contribution in [-0.4, -0.2) is 12.5 Å². The van der Waals surface area contributed by atoms with Crippen molar-refractivity contribution in [1.29, 1.82) is 5.26 Å². The Kier molecular flexibility index (Phi) is 5.58. The molecule has 2 rings (SSSR count). The first-order valence-electron chi connectivity index (χ1n) is 6.38. The number of halogens is 2. The average Bonchev–Trinajstić information content (AvgIpc) is 2.49. The Hall–Kier alpha value is -1.84. The normalized spacial score (nSPS) is 9.91. The Labute approximate surface area is 145 Å². The van der Waals surface area contributed by atoms with E-state index >= 15 is 0 Å². The Bertz CT molecular complexity index is 731. The van der Waals surface area contributed by atoms with Gasteiger partial charge in [-0.3, -0.25) is 4.79 Å². The summed E-state index contributed by atoms with van der Waals surface area (Å²) < 4.78 is 6.97. The lowest BCUT2D eigenvalue weighted by molar-refractivity contribution is -0.118. The van der Waals surface area contributed by atoms with Crippen LogP contribution in [0, 0.1) is 18.3 Å². The topological polar surface area (TPSA) is 62.1 Å². The van der Waals surface area contributed by atoms with Crippen LogP contribution in [-0.2, 0) is 4.79 Å². The maximum absolute atomic E-state index is 12.0. The number of para-hydroxylation sites is 1. The number of carbonyl (C=O) groups is 1. The molecule has 2 aromatic carbocycles. The average molecular weight is 424 g/mol. The predicted molar refractivity (Wildman–Crippen MR) is 91.9 cm³/mol. The molecule has 4 nitrogen and oxygen atoms in total. The van der Waals surface area contributed by atoms with Gasteiger partial charge in [0.2, 0.25) is 0 Å². The molecule has 112 valence electrons. The van der Waals surface area contributed by atoms with Gasteiger partial charge in [-0.2, -0.15) is 5.26 Å². The van der Waals surface area contributed by atoms with E-state index in [2.05, 4.69) is 37.2 Å². The van der Waals surface area contributed by atoms with Gasteiger partial charge >= 0.3 is 0 Å². The molecule has 0 atom stereocenters. The number of nitriles is 1. The summed E-state index contributed by atoms with van der Waals surface area (Å²) in [5.74, 6) is 0.0835. The Morgan fingerprint density at radius 3 is 2.55 bits per heavy atom. The van der Waals surface area contributed by atoms with E-state index in [0.29, 0.717) is 17.0 Å². The summed E-state index contributed by atoms with van der Waals surface area (Å²) in [5, 5.41) is 11.7. The Morgan fingerprint density at radius 1 is 1.27 bits per heavy atom. The lowest BCUT2D eigenvalue weighted by Gasteiger charge is -2.12. The first-order chi connectivity index (χ1) is 10.5. The van der Waals surface area contributed by atoms with E-state index in [1.807, 2.05) is 25.1 Å². The molecule has 0 fully saturated rings. The van der Waals surface area contributed by atoms with Gasteiger partial charge < -0.3 is 10.1 Å². The number of benzene rings is 2. The largest absolute Gasteiger partial charge is 0.482 e. The van der Waals surface area contributed by atoms with Gasteiger partial charge in [0.15, 0.2) is 6.61 Å². The molecule has 0 unspecified atom stereocenters. The van der Waals surface area contributed by atoms with Crippen molar-refractivity contribution in [3.63, 3.8) is 0 Å². The number of ether oxygens (including phenoxy) is 1. The van der Waals surface area contributed by atoms with Gasteiger partial charge in [-0.15, -0.1) is 0 Å². The second-order valence-electron chi connectivity index (χ2n) is 4.55. The van der Waals surface area contributed by atoms with Crippen LogP contribution in [0.1, 0.15) is 11.1 Å². The minimum Gasteiger partial charge on any atom is -0.482 e. The molecule has 0 heterocycles. The first-order valence-corrected chi connectivity index (χ1v) is 7.97. The fourth-order valence-corrected chi connectivity index (χ4v) is 3.44. The first kappa shape index (κ1) is 16.5. The fraction of sp³-hybridized carbons (Fsp3) is 0.125. The maximum atomic E-state index is 12.0. The van der Waals surface area contributed by atoms with Crippen LogP contribution < -0.4 is 10.1 Å². The number of aryl methyl sites for hydroxylation is 1. The molecule has 0 saturated heterocycles. The van der Waals surface area contributed by atoms with Crippen molar-refractivity contribution >= 4 is 43.5 Å². The predicted octanol–water partition coefficient (Wildman–Crippen LogP) is 4.41. The molecule has 1 N–H and O–H groups in total. The third-order valence-electron chi connectivity index (χ3n) is 2.82.